The predicted octanol–water partition coefficient (Wildman–Crippen LogP) is 2.71. The van der Waals surface area contributed by atoms with Gasteiger partial charge in [0.25, 0.3) is 5.91 Å². The van der Waals surface area contributed by atoms with Crippen molar-refractivity contribution in [2.45, 2.75) is 40.0 Å². The molecule has 3 N–H and O–H groups in total. The molecule has 2 fully saturated rings. The van der Waals surface area contributed by atoms with Gasteiger partial charge in [-0.15, -0.1) is 0 Å². The number of amides is 2. The van der Waals surface area contributed by atoms with Crippen molar-refractivity contribution in [3.8, 4) is 0 Å². The average Bonchev–Trinajstić information content (AvgIpc) is 3.28. The summed E-state index contributed by atoms with van der Waals surface area (Å²) in [4.78, 5) is 24.7. The van der Waals surface area contributed by atoms with Crippen molar-refractivity contribution in [2.24, 2.45) is 17.3 Å². The largest absolute Gasteiger partial charge is 0.352 e. The Hall–Kier alpha value is -1.88. The summed E-state index contributed by atoms with van der Waals surface area (Å²) in [5.41, 5.74) is 2.60. The van der Waals surface area contributed by atoms with Gasteiger partial charge < -0.3 is 16.0 Å². The van der Waals surface area contributed by atoms with Crippen molar-refractivity contribution >= 4 is 17.5 Å². The van der Waals surface area contributed by atoms with Gasteiger partial charge in [0.15, 0.2) is 0 Å². The summed E-state index contributed by atoms with van der Waals surface area (Å²) in [5, 5.41) is 9.35. The van der Waals surface area contributed by atoms with Crippen LogP contribution in [-0.4, -0.2) is 31.4 Å². The van der Waals surface area contributed by atoms with Crippen molar-refractivity contribution in [3.63, 3.8) is 0 Å². The molecule has 1 saturated heterocycles. The van der Waals surface area contributed by atoms with Gasteiger partial charge in [0.1, 0.15) is 0 Å². The van der Waals surface area contributed by atoms with Gasteiger partial charge in [-0.05, 0) is 74.4 Å². The first-order chi connectivity index (χ1) is 11.9. The highest BCUT2D eigenvalue weighted by atomic mass is 16.2. The quantitative estimate of drug-likeness (QED) is 0.770. The Kier molecular flexibility index (Phi) is 5.13. The average molecular weight is 343 g/mol. The molecule has 1 aromatic carbocycles. The molecule has 1 aliphatic carbocycles. The van der Waals surface area contributed by atoms with Crippen molar-refractivity contribution < 1.29 is 9.59 Å². The molecule has 1 aliphatic heterocycles. The van der Waals surface area contributed by atoms with Gasteiger partial charge in [0.2, 0.25) is 5.91 Å². The fraction of sp³-hybridized carbons (Fsp3) is 0.600. The molecule has 0 radical (unpaired) electrons. The van der Waals surface area contributed by atoms with Crippen LogP contribution in [0.1, 0.15) is 49.0 Å². The van der Waals surface area contributed by atoms with Crippen molar-refractivity contribution in [3.05, 3.63) is 29.3 Å². The second kappa shape index (κ2) is 7.16. The predicted molar refractivity (Wildman–Crippen MR) is 99.6 cm³/mol. The molecule has 3 rings (SSSR count). The van der Waals surface area contributed by atoms with Gasteiger partial charge in [-0.2, -0.15) is 0 Å². The fourth-order valence-electron chi connectivity index (χ4n) is 3.76. The van der Waals surface area contributed by atoms with Crippen LogP contribution in [0.5, 0.6) is 0 Å². The minimum atomic E-state index is -0.0643. The molecule has 0 aromatic heterocycles. The molecule has 5 nitrogen and oxygen atoms in total. The maximum absolute atomic E-state index is 12.6. The van der Waals surface area contributed by atoms with Gasteiger partial charge in [-0.25, -0.2) is 0 Å². The number of nitrogens with one attached hydrogen (secondary N) is 3. The number of anilines is 1. The second-order valence-electron chi connectivity index (χ2n) is 7.99. The molecule has 1 aromatic rings. The monoisotopic (exact) mass is 343 g/mol. The zero-order valence-electron chi connectivity index (χ0n) is 15.4. The smallest absolute Gasteiger partial charge is 0.251 e. The summed E-state index contributed by atoms with van der Waals surface area (Å²) < 4.78 is 0. The third kappa shape index (κ3) is 4.03. The Morgan fingerprint density at radius 3 is 2.64 bits per heavy atom. The standard InChI is InChI=1S/C20H29N3O2/c1-13(2)12-22-18(24)15-4-5-17(14(3)10-15)23-19(25)16-11-20(16)6-8-21-9-7-20/h4-5,10,13,16,21H,6-9,11-12H2,1-3H3,(H,22,24)(H,23,25). The molecule has 2 amide bonds. The number of benzene rings is 1. The molecule has 0 bridgehead atoms. The van der Waals surface area contributed by atoms with Crippen LogP contribution < -0.4 is 16.0 Å². The number of piperidine rings is 1. The number of carbonyl (C=O) groups is 2. The number of rotatable bonds is 5. The lowest BCUT2D eigenvalue weighted by Crippen LogP contribution is -2.31. The molecule has 1 heterocycles. The van der Waals surface area contributed by atoms with Gasteiger partial charge in [0, 0.05) is 23.7 Å². The molecule has 136 valence electrons. The van der Waals surface area contributed by atoms with Crippen LogP contribution >= 0.6 is 0 Å². The van der Waals surface area contributed by atoms with Crippen LogP contribution in [0.25, 0.3) is 0 Å². The molecule has 25 heavy (non-hydrogen) atoms. The van der Waals surface area contributed by atoms with E-state index in [1.54, 1.807) is 6.07 Å². The van der Waals surface area contributed by atoms with Crippen molar-refractivity contribution in [1.82, 2.24) is 10.6 Å². The van der Waals surface area contributed by atoms with E-state index in [9.17, 15) is 9.59 Å². The van der Waals surface area contributed by atoms with Crippen LogP contribution in [0.4, 0.5) is 5.69 Å². The molecule has 1 saturated carbocycles. The highest BCUT2D eigenvalue weighted by molar-refractivity contribution is 5.98. The topological polar surface area (TPSA) is 70.2 Å². The third-order valence-corrected chi connectivity index (χ3v) is 5.52. The molecule has 1 unspecified atom stereocenters. The molecule has 5 heteroatoms. The zero-order valence-corrected chi connectivity index (χ0v) is 15.4. The van der Waals surface area contributed by atoms with Crippen LogP contribution in [0.2, 0.25) is 0 Å². The molecular formula is C20H29N3O2. The lowest BCUT2D eigenvalue weighted by atomic mass is 9.91. The highest BCUT2D eigenvalue weighted by Crippen LogP contribution is 2.58. The Labute approximate surface area is 150 Å². The Balaban J connectivity index is 1.60. The van der Waals surface area contributed by atoms with E-state index in [-0.39, 0.29) is 23.1 Å². The molecular weight excluding hydrogens is 314 g/mol. The molecule has 1 atom stereocenters. The Bertz CT molecular complexity index is 663. The van der Waals surface area contributed by atoms with E-state index in [0.29, 0.717) is 18.0 Å². The van der Waals surface area contributed by atoms with Gasteiger partial charge in [-0.3, -0.25) is 9.59 Å². The van der Waals surface area contributed by atoms with E-state index < -0.39 is 0 Å². The van der Waals surface area contributed by atoms with Crippen LogP contribution in [0, 0.1) is 24.2 Å². The molecule has 2 aliphatic rings. The Morgan fingerprint density at radius 1 is 1.28 bits per heavy atom. The first-order valence-corrected chi connectivity index (χ1v) is 9.32. The third-order valence-electron chi connectivity index (χ3n) is 5.52. The maximum Gasteiger partial charge on any atom is 0.251 e. The fourth-order valence-corrected chi connectivity index (χ4v) is 3.76. The van der Waals surface area contributed by atoms with E-state index in [1.807, 2.05) is 19.1 Å². The number of carbonyl (C=O) groups excluding carboxylic acids is 2. The lowest BCUT2D eigenvalue weighted by Gasteiger charge is -2.23. The van der Waals surface area contributed by atoms with Crippen LogP contribution in [-0.2, 0) is 4.79 Å². The maximum atomic E-state index is 12.6. The number of hydrogen-bond acceptors (Lipinski definition) is 3. The van der Waals surface area contributed by atoms with E-state index in [2.05, 4.69) is 29.8 Å². The Morgan fingerprint density at radius 2 is 2.00 bits per heavy atom. The van der Waals surface area contributed by atoms with Crippen LogP contribution in [0.3, 0.4) is 0 Å². The lowest BCUT2D eigenvalue weighted by molar-refractivity contribution is -0.118. The number of aryl methyl sites for hydroxylation is 1. The van der Waals surface area contributed by atoms with Crippen molar-refractivity contribution in [2.75, 3.05) is 25.0 Å². The normalized spacial score (nSPS) is 21.2. The summed E-state index contributed by atoms with van der Waals surface area (Å²) in [6, 6.07) is 5.47. The zero-order chi connectivity index (χ0) is 18.0. The van der Waals surface area contributed by atoms with Crippen molar-refractivity contribution in [1.29, 1.82) is 0 Å². The first kappa shape index (κ1) is 17.9. The van der Waals surface area contributed by atoms with E-state index in [4.69, 9.17) is 0 Å². The molecule has 1 spiro atoms. The minimum Gasteiger partial charge on any atom is -0.352 e. The van der Waals surface area contributed by atoms with E-state index >= 15 is 0 Å². The van der Waals surface area contributed by atoms with E-state index in [0.717, 1.165) is 43.6 Å². The van der Waals surface area contributed by atoms with Gasteiger partial charge in [-0.1, -0.05) is 13.8 Å². The van der Waals surface area contributed by atoms with E-state index in [1.165, 1.54) is 0 Å². The summed E-state index contributed by atoms with van der Waals surface area (Å²) >= 11 is 0. The van der Waals surface area contributed by atoms with Gasteiger partial charge in [0.05, 0.1) is 0 Å². The highest BCUT2D eigenvalue weighted by Gasteiger charge is 2.57. The summed E-state index contributed by atoms with van der Waals surface area (Å²) in [6.45, 7) is 8.76. The summed E-state index contributed by atoms with van der Waals surface area (Å²) in [6.07, 6.45) is 3.20. The SMILES string of the molecule is Cc1cc(C(=O)NCC(C)C)ccc1NC(=O)C1CC12CCNCC2. The van der Waals surface area contributed by atoms with Gasteiger partial charge >= 0.3 is 0 Å². The van der Waals surface area contributed by atoms with Crippen LogP contribution in [0.15, 0.2) is 18.2 Å². The summed E-state index contributed by atoms with van der Waals surface area (Å²) in [7, 11) is 0. The number of hydrogen-bond donors (Lipinski definition) is 3. The minimum absolute atomic E-state index is 0.0643. The second-order valence-corrected chi connectivity index (χ2v) is 7.99. The summed E-state index contributed by atoms with van der Waals surface area (Å²) in [5.74, 6) is 0.625. The first-order valence-electron chi connectivity index (χ1n) is 9.32.